The molecule has 2 aromatic rings. The number of halogens is 2. The molecule has 0 bridgehead atoms. The second-order valence-corrected chi connectivity index (χ2v) is 4.79. The molecule has 1 heterocycles. The van der Waals surface area contributed by atoms with Crippen molar-refractivity contribution in [2.45, 2.75) is 13.2 Å². The van der Waals surface area contributed by atoms with Crippen LogP contribution in [0.1, 0.15) is 5.56 Å². The number of alkyl halides is 2. The normalized spacial score (nSPS) is 10.7. The highest BCUT2D eigenvalue weighted by atomic mass is 19.3. The lowest BCUT2D eigenvalue weighted by Gasteiger charge is -2.24. The molecule has 0 atom stereocenters. The summed E-state index contributed by atoms with van der Waals surface area (Å²) in [4.78, 5) is 15.8. The second kappa shape index (κ2) is 8.16. The minimum Gasteiger partial charge on any atom is -0.427 e. The number of aromatic nitrogens is 1. The first-order valence-corrected chi connectivity index (χ1v) is 6.99. The van der Waals surface area contributed by atoms with Crippen LogP contribution in [0.4, 0.5) is 20.2 Å². The molecule has 0 aliphatic carbocycles. The van der Waals surface area contributed by atoms with E-state index in [1.54, 1.807) is 23.4 Å². The van der Waals surface area contributed by atoms with Crippen molar-refractivity contribution in [2.24, 2.45) is 0 Å². The van der Waals surface area contributed by atoms with E-state index in [0.29, 0.717) is 12.2 Å². The first-order valence-electron chi connectivity index (χ1n) is 6.99. The van der Waals surface area contributed by atoms with Crippen molar-refractivity contribution >= 4 is 11.4 Å². The number of aliphatic hydroxyl groups excluding tert-OH is 1. The van der Waals surface area contributed by atoms with Crippen LogP contribution in [0.2, 0.25) is 0 Å². The van der Waals surface area contributed by atoms with Crippen molar-refractivity contribution in [1.29, 1.82) is 0 Å². The Morgan fingerprint density at radius 2 is 2.17 bits per heavy atom. The van der Waals surface area contributed by atoms with Gasteiger partial charge in [0.25, 0.3) is 0 Å². The average molecular weight is 339 g/mol. The van der Waals surface area contributed by atoms with E-state index >= 15 is 0 Å². The summed E-state index contributed by atoms with van der Waals surface area (Å²) in [6.07, 6.45) is 3.24. The van der Waals surface area contributed by atoms with E-state index < -0.39 is 23.0 Å². The van der Waals surface area contributed by atoms with E-state index in [9.17, 15) is 24.0 Å². The summed E-state index contributed by atoms with van der Waals surface area (Å²) in [5.74, 6) is -0.526. The van der Waals surface area contributed by atoms with Crippen molar-refractivity contribution in [3.8, 4) is 5.75 Å². The molecule has 24 heavy (non-hydrogen) atoms. The topological polar surface area (TPSA) is 88.7 Å². The van der Waals surface area contributed by atoms with E-state index in [4.69, 9.17) is 0 Å². The molecule has 1 aromatic carbocycles. The smallest absolute Gasteiger partial charge is 0.387 e. The average Bonchev–Trinajstić information content (AvgIpc) is 2.54. The maximum atomic E-state index is 12.5. The fraction of sp³-hybridized carbons (Fsp3) is 0.267. The van der Waals surface area contributed by atoms with Gasteiger partial charge in [-0.3, -0.25) is 15.1 Å². The van der Waals surface area contributed by atoms with E-state index in [1.165, 1.54) is 6.07 Å². The molecule has 0 saturated heterocycles. The van der Waals surface area contributed by atoms with Gasteiger partial charge in [0.1, 0.15) is 0 Å². The quantitative estimate of drug-likeness (QED) is 0.587. The first kappa shape index (κ1) is 17.5. The van der Waals surface area contributed by atoms with Crippen LogP contribution in [-0.2, 0) is 6.54 Å². The summed E-state index contributed by atoms with van der Waals surface area (Å²) >= 11 is 0. The third kappa shape index (κ3) is 4.59. The zero-order valence-corrected chi connectivity index (χ0v) is 12.5. The van der Waals surface area contributed by atoms with Gasteiger partial charge in [-0.1, -0.05) is 6.07 Å². The molecule has 0 aliphatic rings. The van der Waals surface area contributed by atoms with Crippen LogP contribution in [0.15, 0.2) is 42.7 Å². The summed E-state index contributed by atoms with van der Waals surface area (Å²) in [6.45, 7) is -2.80. The lowest BCUT2D eigenvalue weighted by Crippen LogP contribution is -2.26. The van der Waals surface area contributed by atoms with Gasteiger partial charge in [-0.25, -0.2) is 0 Å². The molecule has 0 spiro atoms. The number of nitro benzene ring substituents is 1. The maximum Gasteiger partial charge on any atom is 0.387 e. The predicted octanol–water partition coefficient (Wildman–Crippen LogP) is 2.59. The molecule has 7 nitrogen and oxygen atoms in total. The Morgan fingerprint density at radius 3 is 2.75 bits per heavy atom. The Morgan fingerprint density at radius 1 is 1.38 bits per heavy atom. The number of aliphatic hydroxyl groups is 1. The number of hydrogen-bond donors (Lipinski definition) is 1. The summed E-state index contributed by atoms with van der Waals surface area (Å²) in [7, 11) is 0. The number of pyridine rings is 1. The summed E-state index contributed by atoms with van der Waals surface area (Å²) in [6, 6.07) is 7.24. The van der Waals surface area contributed by atoms with Gasteiger partial charge in [0.05, 0.1) is 11.5 Å². The Hall–Kier alpha value is -2.81. The van der Waals surface area contributed by atoms with Crippen molar-refractivity contribution < 1.29 is 23.5 Å². The van der Waals surface area contributed by atoms with E-state index in [1.807, 2.05) is 6.07 Å². The van der Waals surface area contributed by atoms with Crippen LogP contribution in [0.3, 0.4) is 0 Å². The maximum absolute atomic E-state index is 12.5. The van der Waals surface area contributed by atoms with Crippen LogP contribution in [-0.4, -0.2) is 34.8 Å². The molecule has 1 aromatic heterocycles. The molecule has 0 saturated carbocycles. The monoisotopic (exact) mass is 339 g/mol. The fourth-order valence-electron chi connectivity index (χ4n) is 2.17. The minimum absolute atomic E-state index is 0.178. The van der Waals surface area contributed by atoms with Gasteiger partial charge in [0, 0.05) is 43.3 Å². The van der Waals surface area contributed by atoms with Crippen LogP contribution < -0.4 is 9.64 Å². The number of ether oxygens (including phenoxy) is 1. The molecule has 0 amide bonds. The standard InChI is InChI=1S/C15H15F2N3O4/c16-15(17)24-14-8-12(3-4-13(14)20(22)23)19(6-7-21)10-11-2-1-5-18-9-11/h1-5,8-9,15,21H,6-7,10H2. The highest BCUT2D eigenvalue weighted by molar-refractivity contribution is 5.59. The van der Waals surface area contributed by atoms with Crippen molar-refractivity contribution in [3.63, 3.8) is 0 Å². The van der Waals surface area contributed by atoms with Crippen LogP contribution >= 0.6 is 0 Å². The zero-order valence-electron chi connectivity index (χ0n) is 12.5. The number of anilines is 1. The molecule has 9 heteroatoms. The SMILES string of the molecule is O=[N+]([O-])c1ccc(N(CCO)Cc2cccnc2)cc1OC(F)F. The third-order valence-electron chi connectivity index (χ3n) is 3.19. The third-order valence-corrected chi connectivity index (χ3v) is 3.19. The highest BCUT2D eigenvalue weighted by Crippen LogP contribution is 2.33. The summed E-state index contributed by atoms with van der Waals surface area (Å²) in [5, 5.41) is 20.1. The van der Waals surface area contributed by atoms with Crippen LogP contribution in [0, 0.1) is 10.1 Å². The van der Waals surface area contributed by atoms with E-state index in [0.717, 1.165) is 17.7 Å². The number of nitrogens with zero attached hydrogens (tertiary/aromatic N) is 3. The van der Waals surface area contributed by atoms with Gasteiger partial charge < -0.3 is 14.7 Å². The van der Waals surface area contributed by atoms with Crippen molar-refractivity contribution in [1.82, 2.24) is 4.98 Å². The van der Waals surface area contributed by atoms with Crippen molar-refractivity contribution in [3.05, 3.63) is 58.4 Å². The number of hydrogen-bond acceptors (Lipinski definition) is 6. The number of rotatable bonds is 8. The predicted molar refractivity (Wildman–Crippen MR) is 82.1 cm³/mol. The van der Waals surface area contributed by atoms with Crippen LogP contribution in [0.25, 0.3) is 0 Å². The number of nitro groups is 1. The van der Waals surface area contributed by atoms with E-state index in [2.05, 4.69) is 9.72 Å². The first-order chi connectivity index (χ1) is 11.5. The fourth-order valence-corrected chi connectivity index (χ4v) is 2.17. The molecule has 0 aliphatic heterocycles. The van der Waals surface area contributed by atoms with Crippen molar-refractivity contribution in [2.75, 3.05) is 18.1 Å². The second-order valence-electron chi connectivity index (χ2n) is 4.79. The largest absolute Gasteiger partial charge is 0.427 e. The molecular weight excluding hydrogens is 324 g/mol. The van der Waals surface area contributed by atoms with Gasteiger partial charge in [0.2, 0.25) is 5.75 Å². The Labute approximate surface area is 136 Å². The molecule has 0 radical (unpaired) electrons. The highest BCUT2D eigenvalue weighted by Gasteiger charge is 2.20. The Balaban J connectivity index is 2.33. The molecule has 0 unspecified atom stereocenters. The minimum atomic E-state index is -3.18. The van der Waals surface area contributed by atoms with E-state index in [-0.39, 0.29) is 13.2 Å². The van der Waals surface area contributed by atoms with Gasteiger partial charge in [-0.2, -0.15) is 8.78 Å². The zero-order chi connectivity index (χ0) is 17.5. The molecule has 128 valence electrons. The van der Waals surface area contributed by atoms with Gasteiger partial charge in [-0.05, 0) is 17.7 Å². The van der Waals surface area contributed by atoms with Crippen LogP contribution in [0.5, 0.6) is 5.75 Å². The molecule has 0 fully saturated rings. The molecule has 1 N–H and O–H groups in total. The summed E-state index contributed by atoms with van der Waals surface area (Å²) in [5.41, 5.74) is 0.694. The Bertz CT molecular complexity index is 686. The van der Waals surface area contributed by atoms with Gasteiger partial charge in [-0.15, -0.1) is 0 Å². The number of benzene rings is 1. The van der Waals surface area contributed by atoms with Gasteiger partial charge in [0.15, 0.2) is 0 Å². The molecule has 2 rings (SSSR count). The lowest BCUT2D eigenvalue weighted by molar-refractivity contribution is -0.386. The van der Waals surface area contributed by atoms with Gasteiger partial charge >= 0.3 is 12.3 Å². The lowest BCUT2D eigenvalue weighted by atomic mass is 10.2. The Kier molecular flexibility index (Phi) is 5.96. The molecular formula is C15H15F2N3O4. The summed E-state index contributed by atoms with van der Waals surface area (Å²) < 4.78 is 29.2.